The van der Waals surface area contributed by atoms with E-state index in [1.54, 1.807) is 17.7 Å². The maximum Gasteiger partial charge on any atom is 0.260 e. The van der Waals surface area contributed by atoms with E-state index >= 15 is 0 Å². The lowest BCUT2D eigenvalue weighted by Crippen LogP contribution is -2.38. The summed E-state index contributed by atoms with van der Waals surface area (Å²) in [6.07, 6.45) is 1.24. The summed E-state index contributed by atoms with van der Waals surface area (Å²) in [6, 6.07) is 11.5. The van der Waals surface area contributed by atoms with Crippen LogP contribution in [0, 0.1) is 5.92 Å². The van der Waals surface area contributed by atoms with Gasteiger partial charge in [0.05, 0.1) is 5.69 Å². The zero-order valence-electron chi connectivity index (χ0n) is 12.6. The number of carbonyl (C=O) groups is 1. The van der Waals surface area contributed by atoms with Gasteiger partial charge < -0.3 is 10.1 Å². The summed E-state index contributed by atoms with van der Waals surface area (Å²) in [4.78, 5) is 11.9. The van der Waals surface area contributed by atoms with E-state index in [4.69, 9.17) is 4.74 Å². The van der Waals surface area contributed by atoms with Gasteiger partial charge in [0.15, 0.2) is 6.10 Å². The summed E-state index contributed by atoms with van der Waals surface area (Å²) in [7, 11) is 0. The molecule has 1 aromatic heterocycles. The number of benzene rings is 1. The van der Waals surface area contributed by atoms with Gasteiger partial charge in [0.25, 0.3) is 5.91 Å². The van der Waals surface area contributed by atoms with Crippen molar-refractivity contribution in [2.24, 2.45) is 5.92 Å². The first-order valence-electron chi connectivity index (χ1n) is 7.11. The van der Waals surface area contributed by atoms with Gasteiger partial charge in [0.2, 0.25) is 5.88 Å². The lowest BCUT2D eigenvalue weighted by molar-refractivity contribution is -0.127. The molecule has 5 nitrogen and oxygen atoms in total. The zero-order valence-corrected chi connectivity index (χ0v) is 12.6. The van der Waals surface area contributed by atoms with Crippen LogP contribution in [0.3, 0.4) is 0 Å². The number of amides is 1. The topological polar surface area (TPSA) is 56.1 Å². The molecule has 0 aliphatic rings. The summed E-state index contributed by atoms with van der Waals surface area (Å²) in [6.45, 7) is 6.46. The van der Waals surface area contributed by atoms with Crippen LogP contribution in [0.15, 0.2) is 42.6 Å². The van der Waals surface area contributed by atoms with Crippen LogP contribution in [0.5, 0.6) is 5.88 Å². The Kier molecular flexibility index (Phi) is 4.98. The molecule has 21 heavy (non-hydrogen) atoms. The van der Waals surface area contributed by atoms with Gasteiger partial charge in [-0.15, -0.1) is 5.10 Å². The molecule has 1 aromatic carbocycles. The Balaban J connectivity index is 1.95. The van der Waals surface area contributed by atoms with Crippen LogP contribution < -0.4 is 10.1 Å². The van der Waals surface area contributed by atoms with Crippen LogP contribution in [0.4, 0.5) is 0 Å². The van der Waals surface area contributed by atoms with Crippen molar-refractivity contribution in [3.8, 4) is 11.6 Å². The second-order valence-corrected chi connectivity index (χ2v) is 5.33. The van der Waals surface area contributed by atoms with Gasteiger partial charge in [-0.3, -0.25) is 4.79 Å². The smallest absolute Gasteiger partial charge is 0.260 e. The van der Waals surface area contributed by atoms with Crippen molar-refractivity contribution >= 4 is 5.91 Å². The van der Waals surface area contributed by atoms with E-state index in [0.29, 0.717) is 18.3 Å². The number of hydrogen-bond acceptors (Lipinski definition) is 3. The highest BCUT2D eigenvalue weighted by Crippen LogP contribution is 2.13. The number of hydrogen-bond donors (Lipinski definition) is 1. The van der Waals surface area contributed by atoms with Crippen molar-refractivity contribution in [3.63, 3.8) is 0 Å². The van der Waals surface area contributed by atoms with Gasteiger partial charge in [-0.25, -0.2) is 4.68 Å². The van der Waals surface area contributed by atoms with Crippen molar-refractivity contribution in [1.82, 2.24) is 15.1 Å². The normalized spacial score (nSPS) is 12.2. The fraction of sp³-hybridized carbons (Fsp3) is 0.375. The summed E-state index contributed by atoms with van der Waals surface area (Å²) < 4.78 is 7.28. The molecule has 1 amide bonds. The van der Waals surface area contributed by atoms with Gasteiger partial charge in [0, 0.05) is 18.8 Å². The standard InChI is InChI=1S/C16H21N3O2/c1-12(2)11-17-16(20)13(3)21-15-9-10-19(18-15)14-7-5-4-6-8-14/h4-10,12-13H,11H2,1-3H3,(H,17,20). The highest BCUT2D eigenvalue weighted by atomic mass is 16.5. The molecule has 0 radical (unpaired) electrons. The number of rotatable bonds is 6. The second-order valence-electron chi connectivity index (χ2n) is 5.33. The van der Waals surface area contributed by atoms with Crippen molar-refractivity contribution in [3.05, 3.63) is 42.6 Å². The van der Waals surface area contributed by atoms with Gasteiger partial charge in [-0.2, -0.15) is 0 Å². The molecule has 0 aliphatic carbocycles. The Labute approximate surface area is 124 Å². The van der Waals surface area contributed by atoms with Crippen LogP contribution in [0.1, 0.15) is 20.8 Å². The van der Waals surface area contributed by atoms with E-state index in [1.807, 2.05) is 50.4 Å². The third kappa shape index (κ3) is 4.34. The van der Waals surface area contributed by atoms with Crippen LogP contribution in [0.2, 0.25) is 0 Å². The van der Waals surface area contributed by atoms with Gasteiger partial charge in [-0.05, 0) is 25.0 Å². The minimum atomic E-state index is -0.567. The lowest BCUT2D eigenvalue weighted by atomic mass is 10.2. The third-order valence-corrected chi connectivity index (χ3v) is 2.94. The number of nitrogens with one attached hydrogen (secondary N) is 1. The molecule has 0 saturated heterocycles. The Bertz CT molecular complexity index is 578. The molecule has 112 valence electrons. The molecule has 0 aliphatic heterocycles. The fourth-order valence-electron chi connectivity index (χ4n) is 1.78. The lowest BCUT2D eigenvalue weighted by Gasteiger charge is -2.13. The highest BCUT2D eigenvalue weighted by molar-refractivity contribution is 5.80. The van der Waals surface area contributed by atoms with Crippen LogP contribution in [0.25, 0.3) is 5.69 Å². The van der Waals surface area contributed by atoms with E-state index < -0.39 is 6.10 Å². The molecule has 1 unspecified atom stereocenters. The van der Waals surface area contributed by atoms with Gasteiger partial charge in [-0.1, -0.05) is 32.0 Å². The molecular formula is C16H21N3O2. The van der Waals surface area contributed by atoms with Crippen LogP contribution in [-0.4, -0.2) is 28.3 Å². The van der Waals surface area contributed by atoms with Crippen molar-refractivity contribution in [1.29, 1.82) is 0 Å². The molecule has 0 saturated carbocycles. The molecule has 1 atom stereocenters. The number of carbonyl (C=O) groups excluding carboxylic acids is 1. The first-order chi connectivity index (χ1) is 10.1. The van der Waals surface area contributed by atoms with Crippen molar-refractivity contribution < 1.29 is 9.53 Å². The van der Waals surface area contributed by atoms with E-state index in [1.165, 1.54) is 0 Å². The Hall–Kier alpha value is -2.30. The molecule has 0 bridgehead atoms. The molecule has 1 N–H and O–H groups in total. The van der Waals surface area contributed by atoms with Crippen LogP contribution in [-0.2, 0) is 4.79 Å². The van der Waals surface area contributed by atoms with Gasteiger partial charge in [0.1, 0.15) is 0 Å². The number of ether oxygens (including phenoxy) is 1. The monoisotopic (exact) mass is 287 g/mol. The molecule has 1 heterocycles. The maximum atomic E-state index is 11.9. The van der Waals surface area contributed by atoms with Crippen molar-refractivity contribution in [2.45, 2.75) is 26.9 Å². The maximum absolute atomic E-state index is 11.9. The third-order valence-electron chi connectivity index (χ3n) is 2.94. The molecule has 2 aromatic rings. The van der Waals surface area contributed by atoms with Crippen molar-refractivity contribution in [2.75, 3.05) is 6.54 Å². The first-order valence-corrected chi connectivity index (χ1v) is 7.11. The Morgan fingerprint density at radius 1 is 1.24 bits per heavy atom. The predicted octanol–water partition coefficient (Wildman–Crippen LogP) is 2.41. The molecule has 0 fully saturated rings. The van der Waals surface area contributed by atoms with E-state index in [-0.39, 0.29) is 5.91 Å². The van der Waals surface area contributed by atoms with E-state index in [2.05, 4.69) is 10.4 Å². The summed E-state index contributed by atoms with van der Waals surface area (Å²) in [5.41, 5.74) is 0.948. The average Bonchev–Trinajstić information content (AvgIpc) is 2.94. The SMILES string of the molecule is CC(C)CNC(=O)C(C)Oc1ccn(-c2ccccc2)n1. The van der Waals surface area contributed by atoms with E-state index in [0.717, 1.165) is 5.69 Å². The summed E-state index contributed by atoms with van der Waals surface area (Å²) in [5, 5.41) is 7.15. The molecular weight excluding hydrogens is 266 g/mol. The number of nitrogens with zero attached hydrogens (tertiary/aromatic N) is 2. The molecule has 0 spiro atoms. The Morgan fingerprint density at radius 2 is 1.95 bits per heavy atom. The van der Waals surface area contributed by atoms with Gasteiger partial charge >= 0.3 is 0 Å². The summed E-state index contributed by atoms with van der Waals surface area (Å²) >= 11 is 0. The minimum Gasteiger partial charge on any atom is -0.463 e. The zero-order chi connectivity index (χ0) is 15.2. The highest BCUT2D eigenvalue weighted by Gasteiger charge is 2.15. The number of aromatic nitrogens is 2. The van der Waals surface area contributed by atoms with E-state index in [9.17, 15) is 4.79 Å². The average molecular weight is 287 g/mol. The quantitative estimate of drug-likeness (QED) is 0.887. The number of para-hydroxylation sites is 1. The van der Waals surface area contributed by atoms with Crippen LogP contribution >= 0.6 is 0 Å². The Morgan fingerprint density at radius 3 is 2.62 bits per heavy atom. The minimum absolute atomic E-state index is 0.127. The molecule has 2 rings (SSSR count). The largest absolute Gasteiger partial charge is 0.463 e. The summed E-state index contributed by atoms with van der Waals surface area (Å²) in [5.74, 6) is 0.724. The molecule has 5 heteroatoms. The first kappa shape index (κ1) is 15.1. The fourth-order valence-corrected chi connectivity index (χ4v) is 1.78. The predicted molar refractivity (Wildman–Crippen MR) is 81.5 cm³/mol. The second kappa shape index (κ2) is 6.92.